The molecule has 0 unspecified atom stereocenters. The number of benzene rings is 4. The first kappa shape index (κ1) is 18.3. The van der Waals surface area contributed by atoms with Crippen LogP contribution in [-0.4, -0.2) is 5.78 Å². The fraction of sp³-hybridized carbons (Fsp3) is 0.0690. The van der Waals surface area contributed by atoms with E-state index in [1.807, 2.05) is 48.5 Å². The summed E-state index contributed by atoms with van der Waals surface area (Å²) in [7, 11) is 0. The third kappa shape index (κ3) is 2.91. The molecule has 0 amide bonds. The van der Waals surface area contributed by atoms with Gasteiger partial charge in [-0.25, -0.2) is 0 Å². The lowest BCUT2D eigenvalue weighted by molar-refractivity contribution is -0.113. The maximum absolute atomic E-state index is 13.7. The monoisotopic (exact) mass is 386 g/mol. The molecule has 0 heterocycles. The molecule has 0 fully saturated rings. The van der Waals surface area contributed by atoms with Gasteiger partial charge in [-0.05, 0) is 27.8 Å². The number of Topliss-reactive ketones (excluding diaryl/α,β-unsaturated/α-hetero) is 1. The lowest BCUT2D eigenvalue weighted by Crippen LogP contribution is -2.27. The van der Waals surface area contributed by atoms with Gasteiger partial charge < -0.3 is 0 Å². The predicted octanol–water partition coefficient (Wildman–Crippen LogP) is 6.56. The van der Waals surface area contributed by atoms with Gasteiger partial charge in [-0.15, -0.1) is 0 Å². The number of allylic oxidation sites excluding steroid dienone is 2. The summed E-state index contributed by atoms with van der Waals surface area (Å²) in [5, 5.41) is 0. The summed E-state index contributed by atoms with van der Waals surface area (Å²) in [6, 6.07) is 41.4. The highest BCUT2D eigenvalue weighted by Crippen LogP contribution is 2.55. The molecular weight excluding hydrogens is 364 g/mol. The summed E-state index contributed by atoms with van der Waals surface area (Å²) in [6.07, 6.45) is 0.426. The molecule has 30 heavy (non-hydrogen) atoms. The van der Waals surface area contributed by atoms with E-state index in [4.69, 9.17) is 0 Å². The molecule has 0 saturated carbocycles. The Balaban J connectivity index is 1.91. The summed E-state index contributed by atoms with van der Waals surface area (Å²) >= 11 is 0. The zero-order chi connectivity index (χ0) is 20.4. The molecular formula is C29H22O. The van der Waals surface area contributed by atoms with Gasteiger partial charge in [0.15, 0.2) is 5.78 Å². The minimum absolute atomic E-state index is 0.188. The van der Waals surface area contributed by atoms with Gasteiger partial charge in [-0.1, -0.05) is 121 Å². The summed E-state index contributed by atoms with van der Waals surface area (Å²) in [4.78, 5) is 13.7. The van der Waals surface area contributed by atoms with Crippen molar-refractivity contribution in [2.75, 3.05) is 0 Å². The van der Waals surface area contributed by atoms with Gasteiger partial charge in [-0.2, -0.15) is 0 Å². The highest BCUT2D eigenvalue weighted by atomic mass is 16.1. The van der Waals surface area contributed by atoms with Gasteiger partial charge >= 0.3 is 0 Å². The Bertz CT molecular complexity index is 1150. The normalized spacial score (nSPS) is 15.4. The average Bonchev–Trinajstić information content (AvgIpc) is 3.15. The first-order valence-electron chi connectivity index (χ1n) is 10.3. The second kappa shape index (κ2) is 7.61. The second-order valence-electron chi connectivity index (χ2n) is 7.72. The van der Waals surface area contributed by atoms with Crippen molar-refractivity contribution in [2.24, 2.45) is 0 Å². The van der Waals surface area contributed by atoms with Crippen LogP contribution in [0.25, 0.3) is 11.1 Å². The number of hydrogen-bond acceptors (Lipinski definition) is 1. The molecule has 4 aromatic rings. The summed E-state index contributed by atoms with van der Waals surface area (Å²) in [6.45, 7) is 0. The van der Waals surface area contributed by atoms with Crippen molar-refractivity contribution in [1.29, 1.82) is 0 Å². The van der Waals surface area contributed by atoms with E-state index in [1.165, 1.54) is 0 Å². The first-order valence-corrected chi connectivity index (χ1v) is 10.3. The fourth-order valence-electron chi connectivity index (χ4n) is 4.78. The maximum Gasteiger partial charge on any atom is 0.165 e. The topological polar surface area (TPSA) is 17.1 Å². The Morgan fingerprint density at radius 2 is 0.900 bits per heavy atom. The minimum atomic E-state index is -0.522. The van der Waals surface area contributed by atoms with Crippen molar-refractivity contribution in [3.8, 4) is 0 Å². The molecule has 4 aromatic carbocycles. The van der Waals surface area contributed by atoms with Crippen LogP contribution in [0, 0.1) is 0 Å². The lowest BCUT2D eigenvalue weighted by Gasteiger charge is -2.34. The molecule has 0 saturated heterocycles. The summed E-state index contributed by atoms with van der Waals surface area (Å²) < 4.78 is 0. The highest BCUT2D eigenvalue weighted by Gasteiger charge is 2.48. The molecule has 1 heteroatoms. The van der Waals surface area contributed by atoms with E-state index >= 15 is 0 Å². The molecule has 0 atom stereocenters. The Hall–Kier alpha value is -3.71. The Labute approximate surface area is 177 Å². The van der Waals surface area contributed by atoms with Gasteiger partial charge in [0.25, 0.3) is 0 Å². The molecule has 1 aliphatic carbocycles. The van der Waals surface area contributed by atoms with Crippen molar-refractivity contribution in [3.63, 3.8) is 0 Å². The SMILES string of the molecule is O=C1CC(c2ccccc2)(c2ccccc2)C(c2ccccc2)=C1c1ccccc1. The average molecular weight is 386 g/mol. The van der Waals surface area contributed by atoms with E-state index < -0.39 is 5.41 Å². The molecule has 0 radical (unpaired) electrons. The van der Waals surface area contributed by atoms with Crippen LogP contribution in [0.3, 0.4) is 0 Å². The van der Waals surface area contributed by atoms with Crippen LogP contribution in [0.1, 0.15) is 28.7 Å². The molecule has 0 aliphatic heterocycles. The molecule has 1 nitrogen and oxygen atoms in total. The van der Waals surface area contributed by atoms with Crippen LogP contribution in [-0.2, 0) is 10.2 Å². The van der Waals surface area contributed by atoms with E-state index in [9.17, 15) is 4.79 Å². The third-order valence-electron chi connectivity index (χ3n) is 6.04. The number of carbonyl (C=O) groups excluding carboxylic acids is 1. The Morgan fingerprint density at radius 1 is 0.500 bits per heavy atom. The standard InChI is InChI=1S/C29H22O/c30-26-21-29(24-17-9-3-10-18-24,25-19-11-4-12-20-25)28(23-15-7-2-8-16-23)27(26)22-13-5-1-6-14-22/h1-20H,21H2. The zero-order valence-electron chi connectivity index (χ0n) is 16.7. The molecule has 0 spiro atoms. The number of hydrogen-bond donors (Lipinski definition) is 0. The van der Waals surface area contributed by atoms with E-state index in [2.05, 4.69) is 72.8 Å². The second-order valence-corrected chi connectivity index (χ2v) is 7.72. The number of rotatable bonds is 4. The fourth-order valence-corrected chi connectivity index (χ4v) is 4.78. The number of carbonyl (C=O) groups is 1. The Kier molecular flexibility index (Phi) is 4.65. The quantitative estimate of drug-likeness (QED) is 0.388. The van der Waals surface area contributed by atoms with Crippen LogP contribution in [0.4, 0.5) is 0 Å². The predicted molar refractivity (Wildman–Crippen MR) is 123 cm³/mol. The van der Waals surface area contributed by atoms with Crippen LogP contribution in [0.5, 0.6) is 0 Å². The molecule has 1 aliphatic rings. The smallest absolute Gasteiger partial charge is 0.165 e. The molecule has 144 valence electrons. The minimum Gasteiger partial charge on any atom is -0.294 e. The van der Waals surface area contributed by atoms with Gasteiger partial charge in [0, 0.05) is 12.0 Å². The van der Waals surface area contributed by atoms with Crippen molar-refractivity contribution >= 4 is 16.9 Å². The van der Waals surface area contributed by atoms with Crippen LogP contribution in [0.15, 0.2) is 121 Å². The van der Waals surface area contributed by atoms with E-state index in [0.29, 0.717) is 6.42 Å². The van der Waals surface area contributed by atoms with E-state index in [0.717, 1.165) is 33.4 Å². The lowest BCUT2D eigenvalue weighted by atomic mass is 9.67. The van der Waals surface area contributed by atoms with Crippen LogP contribution >= 0.6 is 0 Å². The molecule has 0 aromatic heterocycles. The van der Waals surface area contributed by atoms with Gasteiger partial charge in [-0.3, -0.25) is 4.79 Å². The van der Waals surface area contributed by atoms with Gasteiger partial charge in [0.05, 0.1) is 5.41 Å². The zero-order valence-corrected chi connectivity index (χ0v) is 16.7. The summed E-state index contributed by atoms with van der Waals surface area (Å²) in [5.74, 6) is 0.188. The van der Waals surface area contributed by atoms with Crippen molar-refractivity contribution in [3.05, 3.63) is 144 Å². The van der Waals surface area contributed by atoms with Crippen molar-refractivity contribution in [2.45, 2.75) is 11.8 Å². The summed E-state index contributed by atoms with van der Waals surface area (Å²) in [5.41, 5.74) is 5.77. The van der Waals surface area contributed by atoms with Crippen LogP contribution < -0.4 is 0 Å². The highest BCUT2D eigenvalue weighted by molar-refractivity contribution is 6.33. The van der Waals surface area contributed by atoms with E-state index in [1.54, 1.807) is 0 Å². The van der Waals surface area contributed by atoms with Gasteiger partial charge in [0.1, 0.15) is 0 Å². The third-order valence-corrected chi connectivity index (χ3v) is 6.04. The molecule has 5 rings (SSSR count). The van der Waals surface area contributed by atoms with E-state index in [-0.39, 0.29) is 5.78 Å². The van der Waals surface area contributed by atoms with Crippen LogP contribution in [0.2, 0.25) is 0 Å². The molecule has 0 N–H and O–H groups in total. The van der Waals surface area contributed by atoms with Crippen molar-refractivity contribution < 1.29 is 4.79 Å². The Morgan fingerprint density at radius 3 is 1.37 bits per heavy atom. The molecule has 0 bridgehead atoms. The number of ketones is 1. The van der Waals surface area contributed by atoms with Crippen molar-refractivity contribution in [1.82, 2.24) is 0 Å². The first-order chi connectivity index (χ1) is 14.8. The largest absolute Gasteiger partial charge is 0.294 e. The maximum atomic E-state index is 13.7. The van der Waals surface area contributed by atoms with Gasteiger partial charge in [0.2, 0.25) is 0 Å².